The lowest BCUT2D eigenvalue weighted by atomic mass is 9.84. The Morgan fingerprint density at radius 3 is 1.66 bits per heavy atom. The maximum atomic E-state index is 9.89. The molecular weight excluding hydrogens is 641 g/mol. The number of furan rings is 1. The fourth-order valence-corrected chi connectivity index (χ4v) is 7.42. The Morgan fingerprint density at radius 1 is 0.321 bits per heavy atom. The number of benzene rings is 10. The Labute approximate surface area is 333 Å². The largest absolute Gasteiger partial charge is 0.456 e. The SMILES string of the molecule is [2H]c1c([2H])c([2H])c(-c2c3c([2H])c([2H])c([2H])c([2H])c3c(-c3c([2H])c([2H])c(-c4ccc5c(c4)oc4ccc(-c6cccc7ccccc67)cc45)c4c([2H])c([2H])c([2H])c([2H])c34)c3c([2H])c([2H])c([2H])c([2H])c23)c([2H])c1[2H]. The van der Waals surface area contributed by atoms with Crippen LogP contribution in [0, 0.1) is 0 Å². The van der Waals surface area contributed by atoms with Gasteiger partial charge in [0.25, 0.3) is 0 Å². The molecule has 0 N–H and O–H groups in total. The summed E-state index contributed by atoms with van der Waals surface area (Å²) in [7, 11) is 0. The predicted octanol–water partition coefficient (Wildman–Crippen LogP) is 14.9. The summed E-state index contributed by atoms with van der Waals surface area (Å²) >= 11 is 0. The maximum Gasteiger partial charge on any atom is 0.136 e. The molecule has 0 spiro atoms. The molecule has 0 saturated heterocycles. The second-order valence-corrected chi connectivity index (χ2v) is 12.6. The number of rotatable bonds is 4. The molecule has 246 valence electrons. The van der Waals surface area contributed by atoms with E-state index in [0.717, 1.165) is 27.3 Å². The highest BCUT2D eigenvalue weighted by molar-refractivity contribution is 6.24. The van der Waals surface area contributed by atoms with E-state index < -0.39 is 164 Å². The standard InChI is InChI=1S/C52H32O/c1-2-14-34(15-3-1)51-43-20-8-10-22-45(43)52(46-23-11-9-21-44(46)51)47-29-28-39(40-18-6-7-19-41(40)47)36-25-27-42-48-31-35(26-30-49(48)53-50(42)32-36)38-24-12-16-33-13-4-5-17-37(33)38/h1-32H/i1D,2D,3D,6D,7D,8D,9D,10D,11D,14D,15D,18D,19D,20D,21D,22D,23D,28D,29D. The van der Waals surface area contributed by atoms with E-state index in [1.165, 1.54) is 0 Å². The summed E-state index contributed by atoms with van der Waals surface area (Å²) in [6, 6.07) is 9.34. The van der Waals surface area contributed by atoms with Gasteiger partial charge in [-0.05, 0) is 112 Å². The topological polar surface area (TPSA) is 13.1 Å². The van der Waals surface area contributed by atoms with Gasteiger partial charge in [0.05, 0.1) is 26.0 Å². The molecule has 0 aliphatic rings. The van der Waals surface area contributed by atoms with Crippen LogP contribution in [0.25, 0.3) is 110 Å². The Bertz CT molecular complexity index is 4220. The van der Waals surface area contributed by atoms with Crippen LogP contribution >= 0.6 is 0 Å². The highest BCUT2D eigenvalue weighted by Gasteiger charge is 2.19. The smallest absolute Gasteiger partial charge is 0.136 e. The quantitative estimate of drug-likeness (QED) is 0.167. The average Bonchev–Trinajstić information content (AvgIpc) is 3.75. The van der Waals surface area contributed by atoms with E-state index in [9.17, 15) is 11.0 Å². The molecule has 1 heterocycles. The molecule has 0 saturated carbocycles. The fourth-order valence-electron chi connectivity index (χ4n) is 7.42. The van der Waals surface area contributed by atoms with Crippen molar-refractivity contribution in [3.05, 3.63) is 194 Å². The molecule has 11 aromatic rings. The van der Waals surface area contributed by atoms with Crippen LogP contribution in [-0.2, 0) is 0 Å². The van der Waals surface area contributed by atoms with Crippen molar-refractivity contribution < 1.29 is 30.5 Å². The zero-order valence-electron chi connectivity index (χ0n) is 46.4. The minimum absolute atomic E-state index is 0.141. The summed E-state index contributed by atoms with van der Waals surface area (Å²) < 4.78 is 179. The van der Waals surface area contributed by atoms with Gasteiger partial charge >= 0.3 is 0 Å². The Balaban J connectivity index is 1.29. The van der Waals surface area contributed by atoms with Crippen LogP contribution in [0.4, 0.5) is 0 Å². The van der Waals surface area contributed by atoms with E-state index in [-0.39, 0.29) is 16.5 Å². The van der Waals surface area contributed by atoms with Gasteiger partial charge in [-0.2, -0.15) is 0 Å². The predicted molar refractivity (Wildman–Crippen MR) is 225 cm³/mol. The van der Waals surface area contributed by atoms with Gasteiger partial charge in [-0.15, -0.1) is 0 Å². The number of hydrogen-bond acceptors (Lipinski definition) is 1. The van der Waals surface area contributed by atoms with E-state index in [2.05, 4.69) is 0 Å². The summed E-state index contributed by atoms with van der Waals surface area (Å²) in [5, 5.41) is 0.534. The number of fused-ring (bicyclic) bond motifs is 7. The van der Waals surface area contributed by atoms with Gasteiger partial charge in [-0.3, -0.25) is 0 Å². The monoisotopic (exact) mass is 691 g/mol. The fraction of sp³-hybridized carbons (Fsp3) is 0. The minimum atomic E-state index is -0.871. The molecule has 0 atom stereocenters. The third-order valence-electron chi connectivity index (χ3n) is 9.74. The van der Waals surface area contributed by atoms with Crippen molar-refractivity contribution in [2.45, 2.75) is 0 Å². The Morgan fingerprint density at radius 2 is 0.906 bits per heavy atom. The van der Waals surface area contributed by atoms with Crippen molar-refractivity contribution in [3.8, 4) is 44.5 Å². The molecule has 0 fully saturated rings. The third-order valence-corrected chi connectivity index (χ3v) is 9.74. The van der Waals surface area contributed by atoms with Crippen LogP contribution in [0.15, 0.2) is 198 Å². The van der Waals surface area contributed by atoms with Crippen molar-refractivity contribution >= 4 is 65.0 Å². The first kappa shape index (κ1) is 16.6. The van der Waals surface area contributed by atoms with Crippen LogP contribution in [0.5, 0.6) is 0 Å². The average molecular weight is 692 g/mol. The summed E-state index contributed by atoms with van der Waals surface area (Å²) in [6.45, 7) is 0. The molecule has 1 nitrogen and oxygen atoms in total. The molecule has 0 bridgehead atoms. The van der Waals surface area contributed by atoms with Crippen LogP contribution in [0.2, 0.25) is 0 Å². The molecule has 10 aromatic carbocycles. The molecule has 53 heavy (non-hydrogen) atoms. The molecular formula is C52H32O. The molecule has 1 aromatic heterocycles. The van der Waals surface area contributed by atoms with Crippen molar-refractivity contribution in [2.24, 2.45) is 0 Å². The van der Waals surface area contributed by atoms with Crippen molar-refractivity contribution in [3.63, 3.8) is 0 Å². The van der Waals surface area contributed by atoms with Gasteiger partial charge in [0.2, 0.25) is 0 Å². The van der Waals surface area contributed by atoms with Crippen LogP contribution in [0.1, 0.15) is 26.0 Å². The lowest BCUT2D eigenvalue weighted by molar-refractivity contribution is 0.669. The lowest BCUT2D eigenvalue weighted by Gasteiger charge is -2.19. The lowest BCUT2D eigenvalue weighted by Crippen LogP contribution is -1.92. The normalized spacial score (nSPS) is 16.8. The van der Waals surface area contributed by atoms with Gasteiger partial charge in [0.1, 0.15) is 11.2 Å². The van der Waals surface area contributed by atoms with Gasteiger partial charge < -0.3 is 4.42 Å². The van der Waals surface area contributed by atoms with Gasteiger partial charge in [-0.25, -0.2) is 0 Å². The van der Waals surface area contributed by atoms with Crippen LogP contribution in [0.3, 0.4) is 0 Å². The van der Waals surface area contributed by atoms with Crippen LogP contribution in [-0.4, -0.2) is 0 Å². The third kappa shape index (κ3) is 4.64. The summed E-state index contributed by atoms with van der Waals surface area (Å²) in [4.78, 5) is 0. The molecule has 11 rings (SSSR count). The first-order valence-corrected chi connectivity index (χ1v) is 16.7. The van der Waals surface area contributed by atoms with E-state index in [1.807, 2.05) is 60.7 Å². The van der Waals surface area contributed by atoms with E-state index in [4.69, 9.17) is 19.5 Å². The summed E-state index contributed by atoms with van der Waals surface area (Å²) in [5.74, 6) is 0. The maximum absolute atomic E-state index is 9.89. The van der Waals surface area contributed by atoms with Crippen molar-refractivity contribution in [1.29, 1.82) is 0 Å². The molecule has 1 heteroatoms. The van der Waals surface area contributed by atoms with Crippen molar-refractivity contribution in [1.82, 2.24) is 0 Å². The minimum Gasteiger partial charge on any atom is -0.456 e. The van der Waals surface area contributed by atoms with E-state index in [0.29, 0.717) is 16.6 Å². The molecule has 0 radical (unpaired) electrons. The first-order chi connectivity index (χ1) is 34.2. The molecule has 0 aliphatic carbocycles. The van der Waals surface area contributed by atoms with Gasteiger partial charge in [-0.1, -0.05) is 169 Å². The van der Waals surface area contributed by atoms with Crippen LogP contribution < -0.4 is 0 Å². The van der Waals surface area contributed by atoms with E-state index in [1.54, 1.807) is 18.2 Å². The van der Waals surface area contributed by atoms with Gasteiger partial charge in [0.15, 0.2) is 0 Å². The molecule has 0 amide bonds. The Hall–Kier alpha value is -6.96. The summed E-state index contributed by atoms with van der Waals surface area (Å²) in [6.07, 6.45) is 0. The highest BCUT2D eigenvalue weighted by atomic mass is 16.3. The van der Waals surface area contributed by atoms with Crippen molar-refractivity contribution in [2.75, 3.05) is 0 Å². The zero-order valence-corrected chi connectivity index (χ0v) is 27.4. The second-order valence-electron chi connectivity index (χ2n) is 12.6. The van der Waals surface area contributed by atoms with Gasteiger partial charge in [0, 0.05) is 10.8 Å². The Kier molecular flexibility index (Phi) is 3.69. The molecule has 0 unspecified atom stereocenters. The zero-order chi connectivity index (χ0) is 51.4. The second kappa shape index (κ2) is 11.8. The first-order valence-electron chi connectivity index (χ1n) is 26.2. The number of hydrogen-bond donors (Lipinski definition) is 0. The molecule has 0 aliphatic heterocycles. The highest BCUT2D eigenvalue weighted by Crippen LogP contribution is 2.47. The summed E-state index contributed by atoms with van der Waals surface area (Å²) in [5.41, 5.74) is 0.546. The van der Waals surface area contributed by atoms with E-state index >= 15 is 0 Å².